The highest BCUT2D eigenvalue weighted by atomic mass is 35.5. The van der Waals surface area contributed by atoms with Gasteiger partial charge in [0, 0.05) is 21.5 Å². The van der Waals surface area contributed by atoms with Crippen LogP contribution >= 0.6 is 23.2 Å². The number of ether oxygens (including phenoxy) is 1. The minimum atomic E-state index is -1.04. The van der Waals surface area contributed by atoms with Crippen LogP contribution < -0.4 is 4.74 Å². The molecule has 0 aromatic heterocycles. The van der Waals surface area contributed by atoms with E-state index in [-0.39, 0.29) is 18.9 Å². The number of aliphatic hydroxyl groups excluding tert-OH is 1. The van der Waals surface area contributed by atoms with Gasteiger partial charge in [0.15, 0.2) is 0 Å². The molecule has 196 valence electrons. The van der Waals surface area contributed by atoms with Crippen LogP contribution in [0.5, 0.6) is 5.75 Å². The quantitative estimate of drug-likeness (QED) is 0.351. The molecule has 0 spiro atoms. The Morgan fingerprint density at radius 3 is 2.22 bits per heavy atom. The zero-order chi connectivity index (χ0) is 26.6. The van der Waals surface area contributed by atoms with E-state index in [0.29, 0.717) is 40.6 Å². The minimum Gasteiger partial charge on any atom is -0.489 e. The second-order valence-electron chi connectivity index (χ2n) is 10.2. The van der Waals surface area contributed by atoms with Crippen molar-refractivity contribution in [1.29, 1.82) is 0 Å². The summed E-state index contributed by atoms with van der Waals surface area (Å²) >= 11 is 12.4. The van der Waals surface area contributed by atoms with Gasteiger partial charge in [0.05, 0.1) is 5.92 Å². The number of carbonyl (C=O) groups is 2. The molecule has 1 aliphatic rings. The Hall–Kier alpha value is -2.32. The number of halogens is 2. The van der Waals surface area contributed by atoms with E-state index in [1.54, 1.807) is 49.5 Å². The standard InChI is InChI=1S/C27H33Cl2NO6/c1-27(2)14-17(25(32)33)9-12-20(27)24(31)30(3)23(26(34)35)13-16-7-10-18(11-8-16)36-15-19-21(28)5-4-6-22(19)29/h4-8,10-11,17,20,23-24,31H,9,12-15H2,1-3H3,(H,32,33)(H,34,35)/t17?,20-,23+,24?/m1/s1. The molecule has 2 aromatic rings. The molecule has 3 rings (SSSR count). The van der Waals surface area contributed by atoms with E-state index >= 15 is 0 Å². The molecule has 36 heavy (non-hydrogen) atoms. The van der Waals surface area contributed by atoms with Crippen molar-refractivity contribution in [3.63, 3.8) is 0 Å². The van der Waals surface area contributed by atoms with Gasteiger partial charge in [-0.2, -0.15) is 0 Å². The first kappa shape index (κ1) is 28.3. The van der Waals surface area contributed by atoms with Crippen molar-refractivity contribution in [2.24, 2.45) is 17.3 Å². The first-order valence-electron chi connectivity index (χ1n) is 11.9. The largest absolute Gasteiger partial charge is 0.489 e. The number of hydrogen-bond donors (Lipinski definition) is 3. The highest BCUT2D eigenvalue weighted by molar-refractivity contribution is 6.35. The molecule has 1 fully saturated rings. The summed E-state index contributed by atoms with van der Waals surface area (Å²) in [4.78, 5) is 25.1. The summed E-state index contributed by atoms with van der Waals surface area (Å²) in [7, 11) is 1.60. The van der Waals surface area contributed by atoms with E-state index < -0.39 is 35.5 Å². The number of hydrogen-bond acceptors (Lipinski definition) is 5. The molecule has 7 nitrogen and oxygen atoms in total. The average Bonchev–Trinajstić information content (AvgIpc) is 2.81. The van der Waals surface area contributed by atoms with E-state index in [0.717, 1.165) is 5.56 Å². The van der Waals surface area contributed by atoms with E-state index in [1.165, 1.54) is 4.90 Å². The maximum atomic E-state index is 12.1. The molecule has 0 heterocycles. The third-order valence-electron chi connectivity index (χ3n) is 7.30. The molecule has 4 atom stereocenters. The van der Waals surface area contributed by atoms with Crippen molar-refractivity contribution in [3.8, 4) is 5.75 Å². The van der Waals surface area contributed by atoms with E-state index in [2.05, 4.69) is 0 Å². The maximum absolute atomic E-state index is 12.1. The molecular weight excluding hydrogens is 505 g/mol. The summed E-state index contributed by atoms with van der Waals surface area (Å²) in [6, 6.07) is 11.4. The number of carboxylic acid groups (broad SMARTS) is 2. The van der Waals surface area contributed by atoms with Crippen molar-refractivity contribution in [2.75, 3.05) is 7.05 Å². The SMILES string of the molecule is CN(C(O)[C@H]1CCC(C(=O)O)CC1(C)C)[C@@H](Cc1ccc(OCc2c(Cl)cccc2Cl)cc1)C(=O)O. The molecule has 2 aromatic carbocycles. The van der Waals surface area contributed by atoms with Gasteiger partial charge in [-0.15, -0.1) is 0 Å². The predicted octanol–water partition coefficient (Wildman–Crippen LogP) is 5.35. The monoisotopic (exact) mass is 537 g/mol. The zero-order valence-corrected chi connectivity index (χ0v) is 22.2. The third kappa shape index (κ3) is 6.71. The lowest BCUT2D eigenvalue weighted by atomic mass is 9.64. The summed E-state index contributed by atoms with van der Waals surface area (Å²) in [6.07, 6.45) is 0.593. The number of aliphatic carboxylic acids is 2. The molecule has 0 aliphatic heterocycles. The van der Waals surface area contributed by atoms with Crippen molar-refractivity contribution in [1.82, 2.24) is 4.90 Å². The molecular formula is C27H33Cl2NO6. The Labute approximate surface area is 221 Å². The number of nitrogens with zero attached hydrogens (tertiary/aromatic N) is 1. The average molecular weight is 538 g/mol. The van der Waals surface area contributed by atoms with Crippen LogP contribution in [0, 0.1) is 17.3 Å². The molecule has 9 heteroatoms. The molecule has 0 amide bonds. The van der Waals surface area contributed by atoms with E-state index in [9.17, 15) is 24.9 Å². The second kappa shape index (κ2) is 11.8. The first-order valence-corrected chi connectivity index (χ1v) is 12.7. The normalized spacial score (nSPS) is 21.1. The Morgan fingerprint density at radius 2 is 1.69 bits per heavy atom. The molecule has 0 bridgehead atoms. The fourth-order valence-electron chi connectivity index (χ4n) is 5.07. The van der Waals surface area contributed by atoms with Crippen LogP contribution in [0.1, 0.15) is 44.2 Å². The van der Waals surface area contributed by atoms with Crippen molar-refractivity contribution < 1.29 is 29.6 Å². The lowest BCUT2D eigenvalue weighted by Gasteiger charge is -2.46. The maximum Gasteiger partial charge on any atom is 0.321 e. The van der Waals surface area contributed by atoms with Gasteiger partial charge in [0.25, 0.3) is 0 Å². The second-order valence-corrected chi connectivity index (χ2v) is 11.0. The molecule has 3 N–H and O–H groups in total. The van der Waals surface area contributed by atoms with Crippen molar-refractivity contribution in [2.45, 2.75) is 58.4 Å². The molecule has 0 saturated heterocycles. The van der Waals surface area contributed by atoms with Gasteiger partial charge in [-0.1, -0.05) is 55.2 Å². The van der Waals surface area contributed by atoms with Gasteiger partial charge < -0.3 is 20.1 Å². The molecule has 0 radical (unpaired) electrons. The molecule has 1 saturated carbocycles. The summed E-state index contributed by atoms with van der Waals surface area (Å²) in [5.74, 6) is -1.96. The van der Waals surface area contributed by atoms with Crippen LogP contribution in [-0.2, 0) is 22.6 Å². The van der Waals surface area contributed by atoms with Crippen LogP contribution in [0.3, 0.4) is 0 Å². The van der Waals surface area contributed by atoms with Gasteiger partial charge in [0.1, 0.15) is 24.6 Å². The van der Waals surface area contributed by atoms with Crippen LogP contribution in [0.15, 0.2) is 42.5 Å². The van der Waals surface area contributed by atoms with Gasteiger partial charge in [-0.25, -0.2) is 0 Å². The highest BCUT2D eigenvalue weighted by Gasteiger charge is 2.45. The van der Waals surface area contributed by atoms with Crippen LogP contribution in [0.4, 0.5) is 0 Å². The zero-order valence-electron chi connectivity index (χ0n) is 20.7. The van der Waals surface area contributed by atoms with Crippen LogP contribution in [0.2, 0.25) is 10.0 Å². The van der Waals surface area contributed by atoms with Crippen LogP contribution in [0.25, 0.3) is 0 Å². The Balaban J connectivity index is 1.65. The fraction of sp³-hybridized carbons (Fsp3) is 0.481. The van der Waals surface area contributed by atoms with Crippen molar-refractivity contribution in [3.05, 3.63) is 63.6 Å². The Bertz CT molecular complexity index is 1050. The van der Waals surface area contributed by atoms with Gasteiger partial charge in [-0.05, 0) is 68.0 Å². The van der Waals surface area contributed by atoms with Gasteiger partial charge in [-0.3, -0.25) is 14.5 Å². The van der Waals surface area contributed by atoms with Gasteiger partial charge >= 0.3 is 11.9 Å². The fourth-order valence-corrected chi connectivity index (χ4v) is 5.57. The smallest absolute Gasteiger partial charge is 0.321 e. The Kier molecular flexibility index (Phi) is 9.28. The first-order chi connectivity index (χ1) is 16.9. The van der Waals surface area contributed by atoms with Crippen LogP contribution in [-0.4, -0.2) is 51.5 Å². The van der Waals surface area contributed by atoms with E-state index in [4.69, 9.17) is 27.9 Å². The number of likely N-dealkylation sites (N-methyl/N-ethyl adjacent to an activating group) is 1. The molecule has 2 unspecified atom stereocenters. The number of carboxylic acids is 2. The summed E-state index contributed by atoms with van der Waals surface area (Å²) in [5, 5.41) is 31.5. The van der Waals surface area contributed by atoms with Crippen molar-refractivity contribution >= 4 is 35.1 Å². The minimum absolute atomic E-state index is 0.185. The number of aliphatic hydroxyl groups is 1. The lowest BCUT2D eigenvalue weighted by molar-refractivity contribution is -0.157. The summed E-state index contributed by atoms with van der Waals surface area (Å²) < 4.78 is 5.80. The lowest BCUT2D eigenvalue weighted by Crippen LogP contribution is -2.53. The number of benzene rings is 2. The van der Waals surface area contributed by atoms with Gasteiger partial charge in [0.2, 0.25) is 0 Å². The highest BCUT2D eigenvalue weighted by Crippen LogP contribution is 2.45. The summed E-state index contributed by atoms with van der Waals surface area (Å²) in [5.41, 5.74) is 1.02. The number of rotatable bonds is 10. The molecule has 1 aliphatic carbocycles. The predicted molar refractivity (Wildman–Crippen MR) is 138 cm³/mol. The third-order valence-corrected chi connectivity index (χ3v) is 8.01. The summed E-state index contributed by atoms with van der Waals surface area (Å²) in [6.45, 7) is 4.08. The topological polar surface area (TPSA) is 107 Å². The Morgan fingerprint density at radius 1 is 1.08 bits per heavy atom. The van der Waals surface area contributed by atoms with E-state index in [1.807, 2.05) is 13.8 Å².